The van der Waals surface area contributed by atoms with Gasteiger partial charge in [0.15, 0.2) is 0 Å². The molecule has 1 heterocycles. The van der Waals surface area contributed by atoms with Gasteiger partial charge in [-0.3, -0.25) is 14.4 Å². The second kappa shape index (κ2) is 8.33. The van der Waals surface area contributed by atoms with Crippen LogP contribution < -0.4 is 15.5 Å². The first kappa shape index (κ1) is 20.4. The first-order chi connectivity index (χ1) is 13.3. The van der Waals surface area contributed by atoms with E-state index in [0.29, 0.717) is 17.3 Å². The third-order valence-electron chi connectivity index (χ3n) is 5.86. The van der Waals surface area contributed by atoms with Crippen molar-refractivity contribution in [3.63, 3.8) is 0 Å². The SMILES string of the molecule is CC(C)(C)[C@@H]1CCCC[C@H]1NC(=O)CCC(=O)N1CC(=O)Nc2ccccc21. The highest BCUT2D eigenvalue weighted by Crippen LogP contribution is 2.38. The highest BCUT2D eigenvalue weighted by molar-refractivity contribution is 6.10. The lowest BCUT2D eigenvalue weighted by Gasteiger charge is -2.40. The smallest absolute Gasteiger partial charge is 0.244 e. The Morgan fingerprint density at radius 2 is 1.86 bits per heavy atom. The van der Waals surface area contributed by atoms with Gasteiger partial charge < -0.3 is 15.5 Å². The monoisotopic (exact) mass is 385 g/mol. The van der Waals surface area contributed by atoms with E-state index in [1.165, 1.54) is 11.3 Å². The zero-order valence-corrected chi connectivity index (χ0v) is 17.1. The van der Waals surface area contributed by atoms with Gasteiger partial charge in [-0.15, -0.1) is 0 Å². The van der Waals surface area contributed by atoms with Crippen LogP contribution in [0.5, 0.6) is 0 Å². The molecule has 0 bridgehead atoms. The van der Waals surface area contributed by atoms with Crippen molar-refractivity contribution < 1.29 is 14.4 Å². The zero-order chi connectivity index (χ0) is 20.3. The fraction of sp³-hybridized carbons (Fsp3) is 0.591. The Kier molecular flexibility index (Phi) is 6.06. The standard InChI is InChI=1S/C22H31N3O3/c1-22(2,3)15-8-4-5-9-16(15)23-19(26)12-13-21(28)25-14-20(27)24-17-10-6-7-11-18(17)25/h6-7,10-11,15-16H,4-5,8-9,12-14H2,1-3H3,(H,23,26)(H,24,27)/t15-,16-/m1/s1. The molecule has 1 saturated carbocycles. The number of fused-ring (bicyclic) bond motifs is 1. The van der Waals surface area contributed by atoms with Gasteiger partial charge in [0.2, 0.25) is 17.7 Å². The van der Waals surface area contributed by atoms with E-state index in [1.54, 1.807) is 6.07 Å². The molecule has 1 aliphatic heterocycles. The lowest BCUT2D eigenvalue weighted by Crippen LogP contribution is -2.47. The van der Waals surface area contributed by atoms with Crippen molar-refractivity contribution >= 4 is 29.1 Å². The number of benzene rings is 1. The molecule has 6 heteroatoms. The lowest BCUT2D eigenvalue weighted by atomic mass is 9.69. The predicted molar refractivity (Wildman–Crippen MR) is 110 cm³/mol. The van der Waals surface area contributed by atoms with Crippen molar-refractivity contribution in [3.05, 3.63) is 24.3 Å². The molecule has 6 nitrogen and oxygen atoms in total. The predicted octanol–water partition coefficient (Wildman–Crippen LogP) is 3.47. The molecule has 28 heavy (non-hydrogen) atoms. The lowest BCUT2D eigenvalue weighted by molar-refractivity contribution is -0.126. The van der Waals surface area contributed by atoms with Gasteiger partial charge in [0, 0.05) is 18.9 Å². The maximum Gasteiger partial charge on any atom is 0.244 e. The average molecular weight is 386 g/mol. The number of nitrogens with zero attached hydrogens (tertiary/aromatic N) is 1. The van der Waals surface area contributed by atoms with Crippen LogP contribution in [0.3, 0.4) is 0 Å². The first-order valence-corrected chi connectivity index (χ1v) is 10.2. The summed E-state index contributed by atoms with van der Waals surface area (Å²) in [6, 6.07) is 7.41. The van der Waals surface area contributed by atoms with Crippen LogP contribution in [-0.2, 0) is 14.4 Å². The first-order valence-electron chi connectivity index (χ1n) is 10.2. The Labute approximate surface area is 167 Å². The highest BCUT2D eigenvalue weighted by atomic mass is 16.2. The summed E-state index contributed by atoms with van der Waals surface area (Å²) in [7, 11) is 0. The quantitative estimate of drug-likeness (QED) is 0.833. The minimum Gasteiger partial charge on any atom is -0.353 e. The van der Waals surface area contributed by atoms with E-state index in [4.69, 9.17) is 0 Å². The van der Waals surface area contributed by atoms with Crippen molar-refractivity contribution in [1.82, 2.24) is 5.32 Å². The summed E-state index contributed by atoms with van der Waals surface area (Å²) >= 11 is 0. The molecule has 3 amide bonds. The number of hydrogen-bond acceptors (Lipinski definition) is 3. The molecule has 0 radical (unpaired) electrons. The second-order valence-corrected chi connectivity index (χ2v) is 8.98. The molecule has 3 rings (SSSR count). The molecule has 2 atom stereocenters. The van der Waals surface area contributed by atoms with Crippen molar-refractivity contribution in [2.24, 2.45) is 11.3 Å². The number of nitrogens with one attached hydrogen (secondary N) is 2. The molecular formula is C22H31N3O3. The average Bonchev–Trinajstić information content (AvgIpc) is 2.65. The van der Waals surface area contributed by atoms with Gasteiger partial charge in [-0.05, 0) is 36.3 Å². The third-order valence-corrected chi connectivity index (χ3v) is 5.86. The van der Waals surface area contributed by atoms with Crippen LogP contribution in [0, 0.1) is 11.3 Å². The van der Waals surface area contributed by atoms with E-state index in [1.807, 2.05) is 18.2 Å². The summed E-state index contributed by atoms with van der Waals surface area (Å²) in [5.41, 5.74) is 1.47. The molecule has 0 unspecified atom stereocenters. The van der Waals surface area contributed by atoms with Gasteiger partial charge in [-0.2, -0.15) is 0 Å². The molecule has 0 saturated heterocycles. The van der Waals surface area contributed by atoms with E-state index in [0.717, 1.165) is 19.3 Å². The fourth-order valence-electron chi connectivity index (χ4n) is 4.43. The van der Waals surface area contributed by atoms with Gasteiger partial charge in [-0.25, -0.2) is 0 Å². The van der Waals surface area contributed by atoms with Gasteiger partial charge in [0.05, 0.1) is 11.4 Å². The van der Waals surface area contributed by atoms with Gasteiger partial charge in [0.1, 0.15) is 6.54 Å². The maximum absolute atomic E-state index is 12.7. The molecule has 2 aliphatic rings. The highest BCUT2D eigenvalue weighted by Gasteiger charge is 2.35. The van der Waals surface area contributed by atoms with E-state index >= 15 is 0 Å². The summed E-state index contributed by atoms with van der Waals surface area (Å²) in [6.45, 7) is 6.67. The Bertz CT molecular complexity index is 754. The maximum atomic E-state index is 12.7. The normalized spacial score (nSPS) is 22.2. The molecule has 0 aromatic heterocycles. The largest absolute Gasteiger partial charge is 0.353 e. The van der Waals surface area contributed by atoms with Gasteiger partial charge >= 0.3 is 0 Å². The second-order valence-electron chi connectivity index (χ2n) is 8.98. The summed E-state index contributed by atoms with van der Waals surface area (Å²) in [4.78, 5) is 38.6. The molecule has 2 N–H and O–H groups in total. The molecule has 1 aromatic carbocycles. The number of carbonyl (C=O) groups is 3. The Balaban J connectivity index is 1.57. The minimum absolute atomic E-state index is 0.00775. The topological polar surface area (TPSA) is 78.5 Å². The number of carbonyl (C=O) groups excluding carboxylic acids is 3. The van der Waals surface area contributed by atoms with Crippen molar-refractivity contribution in [3.8, 4) is 0 Å². The van der Waals surface area contributed by atoms with Gasteiger partial charge in [0.25, 0.3) is 0 Å². The fourth-order valence-corrected chi connectivity index (χ4v) is 4.43. The Morgan fingerprint density at radius 3 is 2.61 bits per heavy atom. The zero-order valence-electron chi connectivity index (χ0n) is 17.1. The van der Waals surface area contributed by atoms with E-state index in [-0.39, 0.29) is 48.6 Å². The van der Waals surface area contributed by atoms with Crippen molar-refractivity contribution in [2.75, 3.05) is 16.8 Å². The van der Waals surface area contributed by atoms with Crippen molar-refractivity contribution in [1.29, 1.82) is 0 Å². The van der Waals surface area contributed by atoms with Crippen LogP contribution in [0.15, 0.2) is 24.3 Å². The molecule has 1 aliphatic carbocycles. The molecule has 0 spiro atoms. The Morgan fingerprint density at radius 1 is 1.14 bits per heavy atom. The molecular weight excluding hydrogens is 354 g/mol. The number of rotatable bonds is 4. The van der Waals surface area contributed by atoms with E-state index in [9.17, 15) is 14.4 Å². The Hall–Kier alpha value is -2.37. The van der Waals surface area contributed by atoms with Crippen LogP contribution in [0.1, 0.15) is 59.3 Å². The molecule has 1 fully saturated rings. The number of hydrogen-bond donors (Lipinski definition) is 2. The summed E-state index contributed by atoms with van der Waals surface area (Å²) in [6.07, 6.45) is 4.72. The number of anilines is 2. The minimum atomic E-state index is -0.216. The van der Waals surface area contributed by atoms with Crippen LogP contribution in [0.4, 0.5) is 11.4 Å². The summed E-state index contributed by atoms with van der Waals surface area (Å²) in [5.74, 6) is -0.0389. The van der Waals surface area contributed by atoms with Crippen LogP contribution in [0.2, 0.25) is 0 Å². The molecule has 152 valence electrons. The third kappa shape index (κ3) is 4.72. The summed E-state index contributed by atoms with van der Waals surface area (Å²) < 4.78 is 0. The number of amides is 3. The van der Waals surface area contributed by atoms with E-state index in [2.05, 4.69) is 31.4 Å². The number of para-hydroxylation sites is 2. The van der Waals surface area contributed by atoms with Crippen LogP contribution in [-0.4, -0.2) is 30.3 Å². The van der Waals surface area contributed by atoms with Gasteiger partial charge in [-0.1, -0.05) is 45.7 Å². The van der Waals surface area contributed by atoms with Crippen LogP contribution in [0.25, 0.3) is 0 Å². The summed E-state index contributed by atoms with van der Waals surface area (Å²) in [5, 5.41) is 5.94. The van der Waals surface area contributed by atoms with Crippen LogP contribution >= 0.6 is 0 Å². The van der Waals surface area contributed by atoms with Crippen molar-refractivity contribution in [2.45, 2.75) is 65.3 Å². The molecule has 1 aromatic rings. The van der Waals surface area contributed by atoms with E-state index < -0.39 is 0 Å².